The quantitative estimate of drug-likeness (QED) is 0.445. The molecule has 96 valence electrons. The van der Waals surface area contributed by atoms with Gasteiger partial charge in [-0.05, 0) is 23.8 Å². The van der Waals surface area contributed by atoms with Crippen molar-refractivity contribution in [1.82, 2.24) is 4.98 Å². The highest BCUT2D eigenvalue weighted by molar-refractivity contribution is 6.33. The first-order valence-electron chi connectivity index (χ1n) is 6.01. The van der Waals surface area contributed by atoms with Gasteiger partial charge in [-0.1, -0.05) is 59.5 Å². The van der Waals surface area contributed by atoms with E-state index in [2.05, 4.69) is 10.9 Å². The first-order valence-corrected chi connectivity index (χ1v) is 6.77. The summed E-state index contributed by atoms with van der Waals surface area (Å²) in [7, 11) is 0. The summed E-state index contributed by atoms with van der Waals surface area (Å²) >= 11 is 12.3. The van der Waals surface area contributed by atoms with Gasteiger partial charge in [-0.25, -0.2) is 4.98 Å². The van der Waals surface area contributed by atoms with E-state index < -0.39 is 0 Å². The van der Waals surface area contributed by atoms with E-state index in [1.807, 2.05) is 42.5 Å². The second kappa shape index (κ2) is 5.17. The topological polar surface area (TPSA) is 12.9 Å². The molecule has 1 heterocycles. The maximum Gasteiger partial charge on any atom is 0.146 e. The van der Waals surface area contributed by atoms with Gasteiger partial charge in [0.25, 0.3) is 0 Å². The maximum atomic E-state index is 6.21. The number of hydrogen-bond donors (Lipinski definition) is 0. The van der Waals surface area contributed by atoms with Crippen LogP contribution in [0.5, 0.6) is 0 Å². The highest BCUT2D eigenvalue weighted by Crippen LogP contribution is 2.35. The first kappa shape index (κ1) is 13.0. The molecule has 1 nitrogen and oxygen atoms in total. The van der Waals surface area contributed by atoms with Crippen molar-refractivity contribution in [3.05, 3.63) is 64.3 Å². The summed E-state index contributed by atoms with van der Waals surface area (Å²) in [6.07, 6.45) is 5.61. The van der Waals surface area contributed by atoms with Crippen LogP contribution in [-0.2, 0) is 0 Å². The summed E-state index contributed by atoms with van der Waals surface area (Å²) in [4.78, 5) is 4.34. The summed E-state index contributed by atoms with van der Waals surface area (Å²) in [5.74, 6) is 2.64. The van der Waals surface area contributed by atoms with Crippen LogP contribution < -0.4 is 0 Å². The molecule has 0 aliphatic heterocycles. The lowest BCUT2D eigenvalue weighted by Gasteiger charge is -2.11. The zero-order valence-electron chi connectivity index (χ0n) is 10.4. The number of terminal acetylenes is 1. The summed E-state index contributed by atoms with van der Waals surface area (Å²) < 4.78 is 0. The minimum atomic E-state index is 0.334. The van der Waals surface area contributed by atoms with Gasteiger partial charge in [-0.15, -0.1) is 6.42 Å². The molecule has 0 saturated carbocycles. The van der Waals surface area contributed by atoms with Gasteiger partial charge in [0.2, 0.25) is 0 Å². The Morgan fingerprint density at radius 1 is 1.00 bits per heavy atom. The predicted molar refractivity (Wildman–Crippen MR) is 85.1 cm³/mol. The van der Waals surface area contributed by atoms with Crippen molar-refractivity contribution in [2.24, 2.45) is 0 Å². The highest BCUT2D eigenvalue weighted by atomic mass is 35.5. The Balaban J connectivity index is 2.49. The van der Waals surface area contributed by atoms with Crippen LogP contribution in [0.1, 0.15) is 5.56 Å². The van der Waals surface area contributed by atoms with Gasteiger partial charge < -0.3 is 0 Å². The molecule has 0 saturated heterocycles. The Bertz CT molecular complexity index is 833. The SMILES string of the molecule is C#Cc1c(Cl)nc2ccc(Cl)cc2c1-c1ccccc1. The number of rotatable bonds is 1. The fraction of sp³-hybridized carbons (Fsp3) is 0. The normalized spacial score (nSPS) is 10.4. The molecule has 0 fully saturated rings. The number of benzene rings is 2. The minimum absolute atomic E-state index is 0.334. The average molecular weight is 298 g/mol. The Labute approximate surface area is 127 Å². The van der Waals surface area contributed by atoms with Crippen LogP contribution in [0, 0.1) is 12.3 Å². The monoisotopic (exact) mass is 297 g/mol. The van der Waals surface area contributed by atoms with Crippen LogP contribution in [0.25, 0.3) is 22.0 Å². The average Bonchev–Trinajstić information content (AvgIpc) is 2.47. The van der Waals surface area contributed by atoms with Gasteiger partial charge in [0, 0.05) is 16.0 Å². The molecular formula is C17H9Cl2N. The van der Waals surface area contributed by atoms with Crippen molar-refractivity contribution in [3.8, 4) is 23.5 Å². The van der Waals surface area contributed by atoms with Gasteiger partial charge in [0.05, 0.1) is 11.1 Å². The molecule has 3 rings (SSSR count). The fourth-order valence-corrected chi connectivity index (χ4v) is 2.65. The zero-order valence-corrected chi connectivity index (χ0v) is 11.9. The molecule has 3 heteroatoms. The zero-order chi connectivity index (χ0) is 14.1. The Hall–Kier alpha value is -2.01. The van der Waals surface area contributed by atoms with E-state index in [1.54, 1.807) is 6.07 Å². The molecule has 1 aromatic heterocycles. The molecule has 3 aromatic rings. The van der Waals surface area contributed by atoms with Crippen molar-refractivity contribution < 1.29 is 0 Å². The van der Waals surface area contributed by atoms with Crippen molar-refractivity contribution in [1.29, 1.82) is 0 Å². The fourth-order valence-electron chi connectivity index (χ4n) is 2.24. The van der Waals surface area contributed by atoms with Crippen molar-refractivity contribution in [3.63, 3.8) is 0 Å². The third kappa shape index (κ3) is 2.14. The van der Waals surface area contributed by atoms with Gasteiger partial charge >= 0.3 is 0 Å². The third-order valence-corrected chi connectivity index (χ3v) is 3.62. The second-order valence-corrected chi connectivity index (χ2v) is 5.12. The molecule has 0 N–H and O–H groups in total. The van der Waals surface area contributed by atoms with Crippen molar-refractivity contribution in [2.75, 3.05) is 0 Å². The Morgan fingerprint density at radius 3 is 2.45 bits per heavy atom. The van der Waals surface area contributed by atoms with Gasteiger partial charge in [0.15, 0.2) is 0 Å². The van der Waals surface area contributed by atoms with E-state index in [1.165, 1.54) is 0 Å². The number of halogens is 2. The number of nitrogens with zero attached hydrogens (tertiary/aromatic N) is 1. The standard InChI is InChI=1S/C17H9Cl2N/c1-2-13-16(11-6-4-3-5-7-11)14-10-12(18)8-9-15(14)20-17(13)19/h1,3-10H. The van der Waals surface area contributed by atoms with Crippen LogP contribution in [0.4, 0.5) is 0 Å². The van der Waals surface area contributed by atoms with Crippen LogP contribution in [0.3, 0.4) is 0 Å². The molecule has 0 atom stereocenters. The Kier molecular flexibility index (Phi) is 3.36. The lowest BCUT2D eigenvalue weighted by molar-refractivity contribution is 1.39. The molecule has 0 radical (unpaired) electrons. The maximum absolute atomic E-state index is 6.21. The molecule has 0 spiro atoms. The number of hydrogen-bond acceptors (Lipinski definition) is 1. The van der Waals surface area contributed by atoms with E-state index in [9.17, 15) is 0 Å². The summed E-state index contributed by atoms with van der Waals surface area (Å²) in [6.45, 7) is 0. The van der Waals surface area contributed by atoms with Crippen molar-refractivity contribution >= 4 is 34.1 Å². The molecule has 0 aliphatic rings. The molecule has 20 heavy (non-hydrogen) atoms. The van der Waals surface area contributed by atoms with E-state index in [0.29, 0.717) is 15.7 Å². The van der Waals surface area contributed by atoms with Gasteiger partial charge in [-0.3, -0.25) is 0 Å². The summed E-state index contributed by atoms with van der Waals surface area (Å²) in [5.41, 5.74) is 3.26. The lowest BCUT2D eigenvalue weighted by Crippen LogP contribution is -1.92. The van der Waals surface area contributed by atoms with Crippen LogP contribution in [0.15, 0.2) is 48.5 Å². The minimum Gasteiger partial charge on any atom is -0.235 e. The van der Waals surface area contributed by atoms with E-state index >= 15 is 0 Å². The van der Waals surface area contributed by atoms with Crippen LogP contribution in [0.2, 0.25) is 10.2 Å². The second-order valence-electron chi connectivity index (χ2n) is 4.32. The molecule has 2 aromatic carbocycles. The number of fused-ring (bicyclic) bond motifs is 1. The Morgan fingerprint density at radius 2 is 1.75 bits per heavy atom. The molecular weight excluding hydrogens is 289 g/mol. The molecule has 0 bridgehead atoms. The highest BCUT2D eigenvalue weighted by Gasteiger charge is 2.14. The molecule has 0 amide bonds. The van der Waals surface area contributed by atoms with Crippen LogP contribution >= 0.6 is 23.2 Å². The van der Waals surface area contributed by atoms with E-state index in [-0.39, 0.29) is 0 Å². The largest absolute Gasteiger partial charge is 0.235 e. The number of pyridine rings is 1. The van der Waals surface area contributed by atoms with Gasteiger partial charge in [-0.2, -0.15) is 0 Å². The summed E-state index contributed by atoms with van der Waals surface area (Å²) in [6, 6.07) is 15.4. The summed E-state index contributed by atoms with van der Waals surface area (Å²) in [5, 5.41) is 1.88. The van der Waals surface area contributed by atoms with Crippen LogP contribution in [-0.4, -0.2) is 4.98 Å². The third-order valence-electron chi connectivity index (χ3n) is 3.11. The van der Waals surface area contributed by atoms with E-state index in [4.69, 9.17) is 29.6 Å². The number of aromatic nitrogens is 1. The first-order chi connectivity index (χ1) is 9.70. The van der Waals surface area contributed by atoms with Gasteiger partial charge in [0.1, 0.15) is 5.15 Å². The predicted octanol–water partition coefficient (Wildman–Crippen LogP) is 5.19. The van der Waals surface area contributed by atoms with Crippen molar-refractivity contribution in [2.45, 2.75) is 0 Å². The van der Waals surface area contributed by atoms with E-state index in [0.717, 1.165) is 22.0 Å². The lowest BCUT2D eigenvalue weighted by atomic mass is 9.97. The smallest absolute Gasteiger partial charge is 0.146 e. The molecule has 0 aliphatic carbocycles. The molecule has 0 unspecified atom stereocenters.